The van der Waals surface area contributed by atoms with Crippen molar-refractivity contribution < 1.29 is 0 Å². The number of nitrogens with one attached hydrogen (secondary N) is 1. The van der Waals surface area contributed by atoms with Crippen LogP contribution in [0.15, 0.2) is 0 Å². The van der Waals surface area contributed by atoms with Crippen LogP contribution in [0.3, 0.4) is 0 Å². The van der Waals surface area contributed by atoms with Gasteiger partial charge in [0.2, 0.25) is 0 Å². The molecule has 0 saturated carbocycles. The van der Waals surface area contributed by atoms with Gasteiger partial charge in [-0.15, -0.1) is 0 Å². The number of hydrogen-bond donors (Lipinski definition) is 1. The standard InChI is InChI=1S/C12H24N2S2/c1-14(2)12(5-7-16-10-12)9-13-11-4-3-6-15-8-11/h11,13H,3-10H2,1-2H3. The fourth-order valence-corrected chi connectivity index (χ4v) is 5.14. The fraction of sp³-hybridized carbons (Fsp3) is 1.00. The number of likely N-dealkylation sites (N-methyl/N-ethyl adjacent to an activating group) is 1. The molecule has 2 aliphatic heterocycles. The second-order valence-corrected chi connectivity index (χ2v) is 7.47. The number of thioether (sulfide) groups is 2. The van der Waals surface area contributed by atoms with Crippen molar-refractivity contribution in [3.8, 4) is 0 Å². The van der Waals surface area contributed by atoms with E-state index in [1.54, 1.807) is 0 Å². The summed E-state index contributed by atoms with van der Waals surface area (Å²) in [5.41, 5.74) is 0.423. The van der Waals surface area contributed by atoms with Crippen LogP contribution in [0, 0.1) is 0 Å². The van der Waals surface area contributed by atoms with Gasteiger partial charge in [0.25, 0.3) is 0 Å². The Kier molecular flexibility index (Phi) is 4.89. The molecule has 0 aliphatic carbocycles. The smallest absolute Gasteiger partial charge is 0.0425 e. The molecule has 2 rings (SSSR count). The maximum atomic E-state index is 3.81. The van der Waals surface area contributed by atoms with Gasteiger partial charge in [0.1, 0.15) is 0 Å². The highest BCUT2D eigenvalue weighted by molar-refractivity contribution is 7.99. The maximum absolute atomic E-state index is 3.81. The maximum Gasteiger partial charge on any atom is 0.0425 e. The molecule has 0 amide bonds. The van der Waals surface area contributed by atoms with Gasteiger partial charge < -0.3 is 10.2 Å². The first-order valence-corrected chi connectivity index (χ1v) is 8.60. The van der Waals surface area contributed by atoms with Crippen LogP contribution in [0.5, 0.6) is 0 Å². The van der Waals surface area contributed by atoms with Gasteiger partial charge in [-0.2, -0.15) is 23.5 Å². The van der Waals surface area contributed by atoms with Crippen molar-refractivity contribution in [3.63, 3.8) is 0 Å². The third kappa shape index (κ3) is 3.09. The summed E-state index contributed by atoms with van der Waals surface area (Å²) in [5, 5.41) is 3.81. The molecule has 2 saturated heterocycles. The largest absolute Gasteiger partial charge is 0.311 e. The predicted molar refractivity (Wildman–Crippen MR) is 76.7 cm³/mol. The first-order chi connectivity index (χ1) is 7.73. The summed E-state index contributed by atoms with van der Waals surface area (Å²) in [6.07, 6.45) is 4.12. The third-order valence-corrected chi connectivity index (χ3v) is 6.36. The van der Waals surface area contributed by atoms with Crippen molar-refractivity contribution in [2.45, 2.75) is 30.8 Å². The molecule has 2 unspecified atom stereocenters. The summed E-state index contributed by atoms with van der Waals surface area (Å²) in [5.74, 6) is 5.32. The zero-order valence-electron chi connectivity index (χ0n) is 10.5. The first-order valence-electron chi connectivity index (χ1n) is 6.29. The lowest BCUT2D eigenvalue weighted by Gasteiger charge is -2.37. The van der Waals surface area contributed by atoms with Crippen LogP contribution >= 0.6 is 23.5 Å². The summed E-state index contributed by atoms with van der Waals surface area (Å²) in [6.45, 7) is 1.18. The van der Waals surface area contributed by atoms with E-state index in [4.69, 9.17) is 0 Å². The van der Waals surface area contributed by atoms with E-state index in [0.29, 0.717) is 5.54 Å². The molecule has 94 valence electrons. The number of nitrogens with zero attached hydrogens (tertiary/aromatic N) is 1. The lowest BCUT2D eigenvalue weighted by atomic mass is 9.96. The highest BCUT2D eigenvalue weighted by Crippen LogP contribution is 2.31. The zero-order chi connectivity index (χ0) is 11.4. The van der Waals surface area contributed by atoms with Gasteiger partial charge >= 0.3 is 0 Å². The Morgan fingerprint density at radius 1 is 1.31 bits per heavy atom. The molecule has 16 heavy (non-hydrogen) atoms. The van der Waals surface area contributed by atoms with E-state index in [-0.39, 0.29) is 0 Å². The van der Waals surface area contributed by atoms with Crippen molar-refractivity contribution in [1.29, 1.82) is 0 Å². The molecule has 0 radical (unpaired) electrons. The Bertz CT molecular complexity index is 209. The second kappa shape index (κ2) is 5.98. The summed E-state index contributed by atoms with van der Waals surface area (Å²) in [7, 11) is 4.48. The Balaban J connectivity index is 1.81. The molecule has 4 heteroatoms. The van der Waals surface area contributed by atoms with E-state index in [0.717, 1.165) is 6.04 Å². The molecule has 0 aromatic rings. The molecule has 2 heterocycles. The average Bonchev–Trinajstić information content (AvgIpc) is 2.78. The summed E-state index contributed by atoms with van der Waals surface area (Å²) in [6, 6.07) is 0.765. The lowest BCUT2D eigenvalue weighted by Crippen LogP contribution is -2.54. The van der Waals surface area contributed by atoms with Crippen LogP contribution in [0.2, 0.25) is 0 Å². The predicted octanol–water partition coefficient (Wildman–Crippen LogP) is 1.91. The molecule has 2 fully saturated rings. The highest BCUT2D eigenvalue weighted by Gasteiger charge is 2.36. The highest BCUT2D eigenvalue weighted by atomic mass is 32.2. The van der Waals surface area contributed by atoms with E-state index >= 15 is 0 Å². The van der Waals surface area contributed by atoms with Gasteiger partial charge in [-0.1, -0.05) is 0 Å². The van der Waals surface area contributed by atoms with E-state index in [9.17, 15) is 0 Å². The topological polar surface area (TPSA) is 15.3 Å². The molecule has 0 spiro atoms. The summed E-state index contributed by atoms with van der Waals surface area (Å²) >= 11 is 4.22. The van der Waals surface area contributed by atoms with E-state index < -0.39 is 0 Å². The zero-order valence-corrected chi connectivity index (χ0v) is 12.1. The lowest BCUT2D eigenvalue weighted by molar-refractivity contribution is 0.171. The Hall–Kier alpha value is 0.620. The minimum Gasteiger partial charge on any atom is -0.311 e. The number of hydrogen-bond acceptors (Lipinski definition) is 4. The fourth-order valence-electron chi connectivity index (χ4n) is 2.48. The number of rotatable bonds is 4. The molecular formula is C12H24N2S2. The molecular weight excluding hydrogens is 236 g/mol. The molecule has 2 nitrogen and oxygen atoms in total. The van der Waals surface area contributed by atoms with Crippen molar-refractivity contribution in [3.05, 3.63) is 0 Å². The minimum atomic E-state index is 0.423. The van der Waals surface area contributed by atoms with Gasteiger partial charge in [-0.05, 0) is 44.9 Å². The molecule has 0 aromatic carbocycles. The normalized spacial score (nSPS) is 35.8. The third-order valence-electron chi connectivity index (χ3n) is 3.91. The summed E-state index contributed by atoms with van der Waals surface area (Å²) in [4.78, 5) is 2.44. The van der Waals surface area contributed by atoms with Crippen LogP contribution in [-0.4, -0.2) is 60.1 Å². The Morgan fingerprint density at radius 2 is 2.19 bits per heavy atom. The van der Waals surface area contributed by atoms with Gasteiger partial charge in [0, 0.05) is 29.6 Å². The van der Waals surface area contributed by atoms with E-state index in [2.05, 4.69) is 47.8 Å². The quantitative estimate of drug-likeness (QED) is 0.830. The average molecular weight is 260 g/mol. The molecule has 0 aromatic heterocycles. The van der Waals surface area contributed by atoms with Crippen molar-refractivity contribution in [2.75, 3.05) is 43.7 Å². The van der Waals surface area contributed by atoms with Crippen LogP contribution < -0.4 is 5.32 Å². The molecule has 2 atom stereocenters. The molecule has 2 aliphatic rings. The summed E-state index contributed by atoms with van der Waals surface area (Å²) < 4.78 is 0. The monoisotopic (exact) mass is 260 g/mol. The van der Waals surface area contributed by atoms with Crippen molar-refractivity contribution >= 4 is 23.5 Å². The van der Waals surface area contributed by atoms with Crippen LogP contribution in [-0.2, 0) is 0 Å². The van der Waals surface area contributed by atoms with Crippen LogP contribution in [0.1, 0.15) is 19.3 Å². The first kappa shape index (κ1) is 13.1. The van der Waals surface area contributed by atoms with Gasteiger partial charge in [-0.3, -0.25) is 0 Å². The van der Waals surface area contributed by atoms with Crippen LogP contribution in [0.4, 0.5) is 0 Å². The van der Waals surface area contributed by atoms with E-state index in [1.807, 2.05) is 0 Å². The van der Waals surface area contributed by atoms with Gasteiger partial charge in [-0.25, -0.2) is 0 Å². The molecule has 1 N–H and O–H groups in total. The van der Waals surface area contributed by atoms with Gasteiger partial charge in [0.15, 0.2) is 0 Å². The SMILES string of the molecule is CN(C)C1(CNC2CCCSC2)CCSC1. The Morgan fingerprint density at radius 3 is 2.75 bits per heavy atom. The van der Waals surface area contributed by atoms with Crippen molar-refractivity contribution in [1.82, 2.24) is 10.2 Å². The second-order valence-electron chi connectivity index (χ2n) is 5.22. The Labute approximate surface area is 108 Å². The van der Waals surface area contributed by atoms with E-state index in [1.165, 1.54) is 48.8 Å². The van der Waals surface area contributed by atoms with Gasteiger partial charge in [0.05, 0.1) is 0 Å². The molecule has 0 bridgehead atoms. The van der Waals surface area contributed by atoms with Crippen LogP contribution in [0.25, 0.3) is 0 Å². The minimum absolute atomic E-state index is 0.423. The van der Waals surface area contributed by atoms with Crippen molar-refractivity contribution in [2.24, 2.45) is 0 Å².